The number of anilines is 1. The third kappa shape index (κ3) is 4.73. The monoisotopic (exact) mass is 356 g/mol. The van der Waals surface area contributed by atoms with Crippen LogP contribution >= 0.6 is 0 Å². The number of nitrogens with two attached hydrogens (primary N) is 1. The Morgan fingerprint density at radius 2 is 2.04 bits per heavy atom. The summed E-state index contributed by atoms with van der Waals surface area (Å²) in [7, 11) is -3.99. The number of hydrogen-bond donors (Lipinski definition) is 3. The molecule has 24 heavy (non-hydrogen) atoms. The van der Waals surface area contributed by atoms with E-state index in [1.54, 1.807) is 4.90 Å². The Bertz CT molecular complexity index is 738. The van der Waals surface area contributed by atoms with E-state index in [2.05, 4.69) is 17.5 Å². The van der Waals surface area contributed by atoms with Gasteiger partial charge >= 0.3 is 0 Å². The van der Waals surface area contributed by atoms with Crippen molar-refractivity contribution >= 4 is 27.1 Å². The smallest absolute Gasteiger partial charge is 0.295 e. The summed E-state index contributed by atoms with van der Waals surface area (Å²) in [5.74, 6) is 0. The molecule has 9 nitrogen and oxygen atoms in total. The molecular formula is C14H22N5O4S+. The minimum atomic E-state index is -3.99. The molecule has 1 aliphatic heterocycles. The van der Waals surface area contributed by atoms with Crippen LogP contribution in [0.5, 0.6) is 0 Å². The van der Waals surface area contributed by atoms with Crippen molar-refractivity contribution in [2.24, 2.45) is 10.2 Å². The number of nitro benzene ring substituents is 1. The summed E-state index contributed by atoms with van der Waals surface area (Å²) in [6, 6.07) is 3.46. The molecule has 0 unspecified atom stereocenters. The first kappa shape index (κ1) is 18.3. The normalized spacial score (nSPS) is 18.2. The van der Waals surface area contributed by atoms with Crippen LogP contribution in [0, 0.1) is 10.1 Å². The molecular weight excluding hydrogens is 334 g/mol. The van der Waals surface area contributed by atoms with E-state index in [9.17, 15) is 18.5 Å². The maximum atomic E-state index is 11.3. The molecule has 132 valence electrons. The number of benzene rings is 1. The second-order valence-electron chi connectivity index (χ2n) is 5.77. The minimum Gasteiger partial charge on any atom is -0.334 e. The number of piperidine rings is 1. The van der Waals surface area contributed by atoms with Crippen molar-refractivity contribution < 1.29 is 18.2 Å². The number of rotatable bonds is 6. The molecule has 2 rings (SSSR count). The van der Waals surface area contributed by atoms with Crippen LogP contribution in [0.1, 0.15) is 26.2 Å². The van der Waals surface area contributed by atoms with E-state index in [0.29, 0.717) is 0 Å². The quantitative estimate of drug-likeness (QED) is 0.491. The average Bonchev–Trinajstić information content (AvgIpc) is 2.53. The maximum absolute atomic E-state index is 11.3. The molecule has 0 radical (unpaired) electrons. The van der Waals surface area contributed by atoms with Gasteiger partial charge in [-0.3, -0.25) is 15.5 Å². The highest BCUT2D eigenvalue weighted by Gasteiger charge is 2.20. The molecule has 1 heterocycles. The van der Waals surface area contributed by atoms with Gasteiger partial charge in [0, 0.05) is 24.6 Å². The third-order valence-electron chi connectivity index (χ3n) is 3.97. The molecule has 1 saturated heterocycles. The van der Waals surface area contributed by atoms with Gasteiger partial charge in [-0.05, 0) is 18.6 Å². The molecule has 0 atom stereocenters. The molecule has 1 fully saturated rings. The van der Waals surface area contributed by atoms with Crippen LogP contribution in [0.3, 0.4) is 0 Å². The van der Waals surface area contributed by atoms with Crippen LogP contribution in [-0.4, -0.2) is 38.7 Å². The Morgan fingerprint density at radius 1 is 1.38 bits per heavy atom. The number of quaternary nitrogens is 1. The zero-order valence-corrected chi connectivity index (χ0v) is 14.3. The minimum absolute atomic E-state index is 0.142. The van der Waals surface area contributed by atoms with Gasteiger partial charge in [0.05, 0.1) is 29.5 Å². The maximum Gasteiger partial charge on any atom is 0.295 e. The predicted octanol–water partition coefficient (Wildman–Crippen LogP) is 0.0988. The number of nitro groups is 1. The van der Waals surface area contributed by atoms with Gasteiger partial charge in [-0.2, -0.15) is 5.10 Å². The highest BCUT2D eigenvalue weighted by Crippen LogP contribution is 2.27. The van der Waals surface area contributed by atoms with Crippen molar-refractivity contribution in [3.05, 3.63) is 28.3 Å². The number of nitrogens with one attached hydrogen (secondary N) is 2. The van der Waals surface area contributed by atoms with E-state index in [0.717, 1.165) is 50.7 Å². The number of sulfonamides is 1. The summed E-state index contributed by atoms with van der Waals surface area (Å²) >= 11 is 0. The Hall–Kier alpha value is -2.04. The molecule has 4 N–H and O–H groups in total. The molecule has 0 saturated carbocycles. The summed E-state index contributed by atoms with van der Waals surface area (Å²) in [4.78, 5) is 11.7. The van der Waals surface area contributed by atoms with E-state index in [-0.39, 0.29) is 16.3 Å². The van der Waals surface area contributed by atoms with E-state index in [1.165, 1.54) is 12.1 Å². The second kappa shape index (κ2) is 7.69. The summed E-state index contributed by atoms with van der Waals surface area (Å²) in [6.45, 7) is 5.30. The van der Waals surface area contributed by atoms with Gasteiger partial charge in [0.15, 0.2) is 0 Å². The van der Waals surface area contributed by atoms with Gasteiger partial charge in [0.1, 0.15) is 5.69 Å². The second-order valence-corrected chi connectivity index (χ2v) is 7.33. The number of primary sulfonamides is 1. The fraction of sp³-hybridized carbons (Fsp3) is 0.500. The Balaban J connectivity index is 2.13. The molecule has 1 aromatic carbocycles. The fourth-order valence-electron chi connectivity index (χ4n) is 2.68. The molecule has 0 bridgehead atoms. The zero-order valence-electron chi connectivity index (χ0n) is 13.5. The molecule has 0 aromatic heterocycles. The Labute approximate surface area is 140 Å². The van der Waals surface area contributed by atoms with Crippen LogP contribution in [0.4, 0.5) is 11.4 Å². The summed E-state index contributed by atoms with van der Waals surface area (Å²) in [6.07, 6.45) is 2.82. The van der Waals surface area contributed by atoms with Gasteiger partial charge in [0.25, 0.3) is 5.69 Å². The van der Waals surface area contributed by atoms with Gasteiger partial charge in [-0.25, -0.2) is 13.6 Å². The molecule has 0 aliphatic carbocycles. The van der Waals surface area contributed by atoms with E-state index in [1.807, 2.05) is 0 Å². The first-order valence-electron chi connectivity index (χ1n) is 7.77. The summed E-state index contributed by atoms with van der Waals surface area (Å²) < 4.78 is 22.6. The molecule has 10 heteroatoms. The standard InChI is InChI=1S/C14H21N5O4S/c1-2-7-18-8-5-11(6-9-18)16-17-13-4-3-12(24(15,22)23)10-14(13)19(20)21/h3-4,10,17H,2,5-9H2,1H3,(H2,15,22,23)/p+1. The number of likely N-dealkylation sites (tertiary alicyclic amines) is 1. The summed E-state index contributed by atoms with van der Waals surface area (Å²) in [5.41, 5.74) is 3.42. The lowest BCUT2D eigenvalue weighted by atomic mass is 10.1. The Kier molecular flexibility index (Phi) is 5.86. The average molecular weight is 356 g/mol. The SMILES string of the molecule is CCC[NH+]1CCC(=NNc2ccc(S(N)(=O)=O)cc2[N+](=O)[O-])CC1. The lowest BCUT2D eigenvalue weighted by molar-refractivity contribution is -0.901. The lowest BCUT2D eigenvalue weighted by Crippen LogP contribution is -3.13. The van der Waals surface area contributed by atoms with Crippen molar-refractivity contribution in [3.8, 4) is 0 Å². The highest BCUT2D eigenvalue weighted by atomic mass is 32.2. The Morgan fingerprint density at radius 3 is 2.58 bits per heavy atom. The first-order valence-corrected chi connectivity index (χ1v) is 9.32. The van der Waals surface area contributed by atoms with Crippen LogP contribution < -0.4 is 15.5 Å². The fourth-order valence-corrected chi connectivity index (χ4v) is 3.21. The predicted molar refractivity (Wildman–Crippen MR) is 90.6 cm³/mol. The number of hydrogen-bond acceptors (Lipinski definition) is 6. The van der Waals surface area contributed by atoms with E-state index in [4.69, 9.17) is 5.14 Å². The van der Waals surface area contributed by atoms with E-state index < -0.39 is 14.9 Å². The van der Waals surface area contributed by atoms with Crippen LogP contribution in [0.25, 0.3) is 0 Å². The zero-order chi connectivity index (χ0) is 17.7. The number of nitrogens with zero attached hydrogens (tertiary/aromatic N) is 2. The third-order valence-corrected chi connectivity index (χ3v) is 4.88. The van der Waals surface area contributed by atoms with Gasteiger partial charge in [-0.1, -0.05) is 6.92 Å². The lowest BCUT2D eigenvalue weighted by Gasteiger charge is -2.24. The van der Waals surface area contributed by atoms with Gasteiger partial charge < -0.3 is 4.90 Å². The van der Waals surface area contributed by atoms with Crippen molar-refractivity contribution in [2.45, 2.75) is 31.1 Å². The largest absolute Gasteiger partial charge is 0.334 e. The van der Waals surface area contributed by atoms with Gasteiger partial charge in [0.2, 0.25) is 10.0 Å². The highest BCUT2D eigenvalue weighted by molar-refractivity contribution is 7.89. The van der Waals surface area contributed by atoms with Crippen molar-refractivity contribution in [2.75, 3.05) is 25.1 Å². The molecule has 1 aromatic rings. The molecule has 1 aliphatic rings. The molecule has 0 amide bonds. The molecule has 0 spiro atoms. The first-order chi connectivity index (χ1) is 11.3. The van der Waals surface area contributed by atoms with Gasteiger partial charge in [-0.15, -0.1) is 0 Å². The van der Waals surface area contributed by atoms with Crippen molar-refractivity contribution in [1.82, 2.24) is 0 Å². The van der Waals surface area contributed by atoms with Crippen LogP contribution in [-0.2, 0) is 10.0 Å². The topological polar surface area (TPSA) is 132 Å². The van der Waals surface area contributed by atoms with Crippen LogP contribution in [0.15, 0.2) is 28.2 Å². The van der Waals surface area contributed by atoms with E-state index >= 15 is 0 Å². The number of hydrazone groups is 1. The van der Waals surface area contributed by atoms with Crippen molar-refractivity contribution in [3.63, 3.8) is 0 Å². The summed E-state index contributed by atoms with van der Waals surface area (Å²) in [5, 5.41) is 20.4. The van der Waals surface area contributed by atoms with Crippen molar-refractivity contribution in [1.29, 1.82) is 0 Å². The van der Waals surface area contributed by atoms with Crippen LogP contribution in [0.2, 0.25) is 0 Å².